The molecule has 3 rings (SSSR count). The molecule has 3 aromatic rings. The van der Waals surface area contributed by atoms with Crippen molar-refractivity contribution in [2.45, 2.75) is 24.7 Å². The second kappa shape index (κ2) is 11.2. The number of ether oxygens (including phenoxy) is 1. The number of hydrogen-bond acceptors (Lipinski definition) is 4. The molecule has 0 bridgehead atoms. The van der Waals surface area contributed by atoms with Gasteiger partial charge >= 0.3 is 0 Å². The Bertz CT molecular complexity index is 1150. The Hall–Kier alpha value is -3.03. The first-order valence-corrected chi connectivity index (χ1v) is 12.5. The molecule has 33 heavy (non-hydrogen) atoms. The van der Waals surface area contributed by atoms with Crippen LogP contribution in [0.4, 0.5) is 5.69 Å². The molecule has 0 aromatic heterocycles. The van der Waals surface area contributed by atoms with Crippen molar-refractivity contribution in [3.05, 3.63) is 89.4 Å². The van der Waals surface area contributed by atoms with Crippen LogP contribution in [0.5, 0.6) is 5.75 Å². The number of sulfonamides is 1. The molecule has 0 heterocycles. The summed E-state index contributed by atoms with van der Waals surface area (Å²) in [5, 5.41) is 3.28. The summed E-state index contributed by atoms with van der Waals surface area (Å²) in [4.78, 5) is 12.8. The van der Waals surface area contributed by atoms with Crippen LogP contribution < -0.4 is 14.4 Å². The standard InChI is InChI=1S/C25H27ClN2O4S/c1-3-32-23-13-11-22(12-14-23)28(33(30,31)24-15-9-21(26)10-16-24)18-25(29)27-17-19(2)20-7-5-4-6-8-20/h4-16,19H,3,17-18H2,1-2H3,(H,27,29)/t19-/m0/s1. The van der Waals surface area contributed by atoms with Crippen molar-refractivity contribution in [2.75, 3.05) is 24.0 Å². The second-order valence-corrected chi connectivity index (χ2v) is 9.81. The van der Waals surface area contributed by atoms with Crippen molar-refractivity contribution in [3.63, 3.8) is 0 Å². The number of rotatable bonds is 10. The zero-order valence-corrected chi connectivity index (χ0v) is 20.1. The lowest BCUT2D eigenvalue weighted by Gasteiger charge is -2.25. The highest BCUT2D eigenvalue weighted by atomic mass is 35.5. The lowest BCUT2D eigenvalue weighted by molar-refractivity contribution is -0.119. The minimum Gasteiger partial charge on any atom is -0.494 e. The maximum Gasteiger partial charge on any atom is 0.264 e. The van der Waals surface area contributed by atoms with E-state index in [-0.39, 0.29) is 17.4 Å². The Balaban J connectivity index is 1.82. The molecule has 0 aliphatic rings. The van der Waals surface area contributed by atoms with Crippen LogP contribution in [0.25, 0.3) is 0 Å². The van der Waals surface area contributed by atoms with Crippen molar-refractivity contribution in [3.8, 4) is 5.75 Å². The third-order valence-electron chi connectivity index (χ3n) is 5.10. The van der Waals surface area contributed by atoms with E-state index in [9.17, 15) is 13.2 Å². The van der Waals surface area contributed by atoms with Crippen molar-refractivity contribution in [1.82, 2.24) is 5.32 Å². The number of benzene rings is 3. The largest absolute Gasteiger partial charge is 0.494 e. The van der Waals surface area contributed by atoms with E-state index in [4.69, 9.17) is 16.3 Å². The smallest absolute Gasteiger partial charge is 0.264 e. The molecule has 0 aliphatic heterocycles. The number of carbonyl (C=O) groups is 1. The van der Waals surface area contributed by atoms with Crippen molar-refractivity contribution >= 4 is 33.2 Å². The van der Waals surface area contributed by atoms with Gasteiger partial charge in [-0.1, -0.05) is 48.9 Å². The van der Waals surface area contributed by atoms with Crippen LogP contribution in [-0.4, -0.2) is 34.0 Å². The second-order valence-electron chi connectivity index (χ2n) is 7.51. The van der Waals surface area contributed by atoms with Crippen LogP contribution >= 0.6 is 11.6 Å². The summed E-state index contributed by atoms with van der Waals surface area (Å²) in [5.41, 5.74) is 1.45. The van der Waals surface area contributed by atoms with Crippen molar-refractivity contribution in [2.24, 2.45) is 0 Å². The van der Waals surface area contributed by atoms with Gasteiger partial charge in [0.1, 0.15) is 12.3 Å². The summed E-state index contributed by atoms with van der Waals surface area (Å²) in [5.74, 6) is 0.303. The van der Waals surface area contributed by atoms with Gasteiger partial charge < -0.3 is 10.1 Å². The molecule has 1 amide bonds. The Morgan fingerprint density at radius 1 is 1.00 bits per heavy atom. The fraction of sp³-hybridized carbons (Fsp3) is 0.240. The normalized spacial score (nSPS) is 12.1. The fourth-order valence-corrected chi connectivity index (χ4v) is 4.82. The monoisotopic (exact) mass is 486 g/mol. The Morgan fingerprint density at radius 2 is 1.64 bits per heavy atom. The van der Waals surface area contributed by atoms with Gasteiger partial charge in [-0.05, 0) is 66.9 Å². The zero-order chi connectivity index (χ0) is 23.8. The molecule has 0 saturated carbocycles. The molecule has 1 N–H and O–H groups in total. The molecule has 1 atom stereocenters. The van der Waals surface area contributed by atoms with Gasteiger partial charge in [0.25, 0.3) is 10.0 Å². The first-order chi connectivity index (χ1) is 15.8. The molecule has 0 fully saturated rings. The predicted molar refractivity (Wildman–Crippen MR) is 131 cm³/mol. The zero-order valence-electron chi connectivity index (χ0n) is 18.6. The average molecular weight is 487 g/mol. The SMILES string of the molecule is CCOc1ccc(N(CC(=O)NC[C@H](C)c2ccccc2)S(=O)(=O)c2ccc(Cl)cc2)cc1. The number of amides is 1. The maximum absolute atomic E-state index is 13.4. The number of anilines is 1. The van der Waals surface area contributed by atoms with Gasteiger partial charge in [0, 0.05) is 11.6 Å². The summed E-state index contributed by atoms with van der Waals surface area (Å²) in [6.45, 7) is 4.39. The van der Waals surface area contributed by atoms with Crippen LogP contribution in [0.1, 0.15) is 25.3 Å². The Morgan fingerprint density at radius 3 is 2.24 bits per heavy atom. The van der Waals surface area contributed by atoms with Gasteiger partial charge in [0.05, 0.1) is 17.2 Å². The summed E-state index contributed by atoms with van der Waals surface area (Å²) in [7, 11) is -4.01. The molecular weight excluding hydrogens is 460 g/mol. The number of nitrogens with one attached hydrogen (secondary N) is 1. The molecule has 0 unspecified atom stereocenters. The molecule has 0 saturated heterocycles. The summed E-state index contributed by atoms with van der Waals surface area (Å²) in [6, 6.07) is 22.3. The van der Waals surface area contributed by atoms with E-state index in [2.05, 4.69) is 5.32 Å². The molecular formula is C25H27ClN2O4S. The van der Waals surface area contributed by atoms with E-state index in [1.165, 1.54) is 24.3 Å². The van der Waals surface area contributed by atoms with E-state index in [1.54, 1.807) is 24.3 Å². The number of hydrogen-bond donors (Lipinski definition) is 1. The van der Waals surface area contributed by atoms with Gasteiger partial charge in [-0.25, -0.2) is 8.42 Å². The minimum atomic E-state index is -4.01. The van der Waals surface area contributed by atoms with Gasteiger partial charge in [0.2, 0.25) is 5.91 Å². The van der Waals surface area contributed by atoms with Crippen LogP contribution in [0.2, 0.25) is 5.02 Å². The highest BCUT2D eigenvalue weighted by Gasteiger charge is 2.27. The number of halogens is 1. The highest BCUT2D eigenvalue weighted by molar-refractivity contribution is 7.92. The van der Waals surface area contributed by atoms with E-state index >= 15 is 0 Å². The molecule has 174 valence electrons. The summed E-state index contributed by atoms with van der Waals surface area (Å²) < 4.78 is 33.4. The minimum absolute atomic E-state index is 0.0474. The average Bonchev–Trinajstić information content (AvgIpc) is 2.82. The van der Waals surface area contributed by atoms with E-state index < -0.39 is 15.9 Å². The van der Waals surface area contributed by atoms with Crippen LogP contribution in [-0.2, 0) is 14.8 Å². The van der Waals surface area contributed by atoms with Gasteiger partial charge in [-0.15, -0.1) is 0 Å². The van der Waals surface area contributed by atoms with E-state index in [0.29, 0.717) is 29.6 Å². The quantitative estimate of drug-likeness (QED) is 0.444. The molecule has 6 nitrogen and oxygen atoms in total. The summed E-state index contributed by atoms with van der Waals surface area (Å²) in [6.07, 6.45) is 0. The fourth-order valence-electron chi connectivity index (χ4n) is 3.28. The predicted octanol–water partition coefficient (Wildman–Crippen LogP) is 4.85. The number of carbonyl (C=O) groups excluding carboxylic acids is 1. The first-order valence-electron chi connectivity index (χ1n) is 10.6. The molecule has 0 aliphatic carbocycles. The lowest BCUT2D eigenvalue weighted by Crippen LogP contribution is -2.41. The van der Waals surface area contributed by atoms with Gasteiger partial charge in [0.15, 0.2) is 0 Å². The van der Waals surface area contributed by atoms with E-state index in [1.807, 2.05) is 44.2 Å². The third kappa shape index (κ3) is 6.49. The maximum atomic E-state index is 13.4. The van der Waals surface area contributed by atoms with Gasteiger partial charge in [-0.3, -0.25) is 9.10 Å². The highest BCUT2D eigenvalue weighted by Crippen LogP contribution is 2.26. The van der Waals surface area contributed by atoms with Crippen molar-refractivity contribution < 1.29 is 17.9 Å². The van der Waals surface area contributed by atoms with Gasteiger partial charge in [-0.2, -0.15) is 0 Å². The third-order valence-corrected chi connectivity index (χ3v) is 7.14. The molecule has 0 spiro atoms. The van der Waals surface area contributed by atoms with Crippen LogP contribution in [0.3, 0.4) is 0 Å². The number of nitrogens with zero attached hydrogens (tertiary/aromatic N) is 1. The molecule has 8 heteroatoms. The Labute approximate surface area is 200 Å². The lowest BCUT2D eigenvalue weighted by atomic mass is 10.0. The summed E-state index contributed by atoms with van der Waals surface area (Å²) >= 11 is 5.92. The Kier molecular flexibility index (Phi) is 8.36. The first kappa shape index (κ1) is 24.6. The van der Waals surface area contributed by atoms with Crippen molar-refractivity contribution in [1.29, 1.82) is 0 Å². The molecule has 0 radical (unpaired) electrons. The topological polar surface area (TPSA) is 75.7 Å². The van der Waals surface area contributed by atoms with Crippen LogP contribution in [0.15, 0.2) is 83.8 Å². The molecule has 3 aromatic carbocycles. The van der Waals surface area contributed by atoms with Crippen LogP contribution in [0, 0.1) is 0 Å². The van der Waals surface area contributed by atoms with E-state index in [0.717, 1.165) is 9.87 Å².